The molecule has 0 radical (unpaired) electrons. The van der Waals surface area contributed by atoms with Gasteiger partial charge in [-0.05, 0) is 0 Å². The molecule has 0 unspecified atom stereocenters. The van der Waals surface area contributed by atoms with Crippen molar-refractivity contribution < 1.29 is 0 Å². The summed E-state index contributed by atoms with van der Waals surface area (Å²) in [5.74, 6) is 0. The van der Waals surface area contributed by atoms with Gasteiger partial charge in [-0.25, -0.2) is 0 Å². The quantitative estimate of drug-likeness (QED) is 0.480. The second-order valence-corrected chi connectivity index (χ2v) is 0.707. The molecule has 0 nitrogen and oxygen atoms in total. The maximum absolute atomic E-state index is 2.12. The van der Waals surface area contributed by atoms with Gasteiger partial charge in [-0.2, -0.15) is 0 Å². The second-order valence-electron chi connectivity index (χ2n) is 0.707. The van der Waals surface area contributed by atoms with Gasteiger partial charge in [0, 0.05) is 0 Å². The Balaban J connectivity index is 0. The van der Waals surface area contributed by atoms with Gasteiger partial charge in [-0.1, -0.05) is 20.3 Å². The molecule has 1 heteroatoms. The zero-order valence-electron chi connectivity index (χ0n) is 2.71. The summed E-state index contributed by atoms with van der Waals surface area (Å²) in [6, 6.07) is 0. The Morgan fingerprint density at radius 3 is 1.25 bits per heavy atom. The van der Waals surface area contributed by atoms with Gasteiger partial charge < -0.3 is 0 Å². The van der Waals surface area contributed by atoms with Crippen molar-refractivity contribution in [3.8, 4) is 0 Å². The first-order chi connectivity index (χ1) is 1.41. The second kappa shape index (κ2) is 8.82. The van der Waals surface area contributed by atoms with E-state index in [9.17, 15) is 0 Å². The Bertz CT molecular complexity index is 3.25. The minimum atomic E-state index is 0. The normalized spacial score (nSPS) is 4.50. The standard InChI is InChI=1S/C3H8.Ba.2H/c1-3-2;;;/h3H2,1-2H3;;;. The molecule has 0 saturated heterocycles. The average Bonchev–Trinajstić information content (AvgIpc) is 0.918. The van der Waals surface area contributed by atoms with Crippen molar-refractivity contribution in [1.29, 1.82) is 0 Å². The van der Waals surface area contributed by atoms with Crippen LogP contribution in [-0.4, -0.2) is 48.9 Å². The molecule has 0 heterocycles. The fourth-order valence-corrected chi connectivity index (χ4v) is 0. The topological polar surface area (TPSA) is 0 Å². The van der Waals surface area contributed by atoms with Crippen molar-refractivity contribution in [2.75, 3.05) is 0 Å². The molecular formula is C3H10Ba. The van der Waals surface area contributed by atoms with Crippen molar-refractivity contribution in [2.45, 2.75) is 20.3 Å². The van der Waals surface area contributed by atoms with E-state index in [1.54, 1.807) is 0 Å². The molecule has 0 spiro atoms. The van der Waals surface area contributed by atoms with Crippen LogP contribution in [0.4, 0.5) is 0 Å². The summed E-state index contributed by atoms with van der Waals surface area (Å²) < 4.78 is 0. The zero-order chi connectivity index (χ0) is 2.71. The van der Waals surface area contributed by atoms with Crippen molar-refractivity contribution in [2.24, 2.45) is 0 Å². The van der Waals surface area contributed by atoms with Crippen LogP contribution >= 0.6 is 0 Å². The average molecular weight is 183 g/mol. The molecule has 0 rings (SSSR count). The van der Waals surface area contributed by atoms with E-state index in [0.717, 1.165) is 0 Å². The van der Waals surface area contributed by atoms with Crippen LogP contribution in [0.15, 0.2) is 0 Å². The Hall–Kier alpha value is 1.57. The third-order valence-electron chi connectivity index (χ3n) is 0. The summed E-state index contributed by atoms with van der Waals surface area (Å²) in [5.41, 5.74) is 0. The molecule has 0 aromatic carbocycles. The molecule has 0 bridgehead atoms. The van der Waals surface area contributed by atoms with Gasteiger partial charge in [0.15, 0.2) is 0 Å². The van der Waals surface area contributed by atoms with E-state index in [1.807, 2.05) is 0 Å². The first-order valence-corrected chi connectivity index (χ1v) is 1.41. The molecule has 0 atom stereocenters. The summed E-state index contributed by atoms with van der Waals surface area (Å²) in [6.07, 6.45) is 1.25. The molecule has 0 aromatic heterocycles. The molecule has 0 fully saturated rings. The van der Waals surface area contributed by atoms with E-state index in [1.165, 1.54) is 6.42 Å². The van der Waals surface area contributed by atoms with E-state index in [-0.39, 0.29) is 48.9 Å². The van der Waals surface area contributed by atoms with Gasteiger partial charge in [-0.15, -0.1) is 0 Å². The van der Waals surface area contributed by atoms with Gasteiger partial charge in [-0.3, -0.25) is 0 Å². The molecule has 0 saturated carbocycles. The Labute approximate surface area is 68.0 Å². The maximum atomic E-state index is 2.12. The van der Waals surface area contributed by atoms with E-state index in [4.69, 9.17) is 0 Å². The molecule has 0 aliphatic heterocycles. The Morgan fingerprint density at radius 1 is 1.25 bits per heavy atom. The van der Waals surface area contributed by atoms with E-state index in [2.05, 4.69) is 13.8 Å². The first kappa shape index (κ1) is 9.13. The Morgan fingerprint density at radius 2 is 1.25 bits per heavy atom. The molecule has 0 aromatic rings. The van der Waals surface area contributed by atoms with Crippen molar-refractivity contribution >= 4 is 48.9 Å². The third-order valence-corrected chi connectivity index (χ3v) is 0. The van der Waals surface area contributed by atoms with Gasteiger partial charge >= 0.3 is 48.9 Å². The van der Waals surface area contributed by atoms with Crippen LogP contribution in [0.3, 0.4) is 0 Å². The van der Waals surface area contributed by atoms with Crippen LogP contribution in [0.2, 0.25) is 0 Å². The summed E-state index contributed by atoms with van der Waals surface area (Å²) in [6.45, 7) is 4.25. The molecular weight excluding hydrogens is 173 g/mol. The molecule has 0 N–H and O–H groups in total. The van der Waals surface area contributed by atoms with Crippen LogP contribution in [0.5, 0.6) is 0 Å². The van der Waals surface area contributed by atoms with Gasteiger partial charge in [0.2, 0.25) is 0 Å². The van der Waals surface area contributed by atoms with Crippen molar-refractivity contribution in [3.63, 3.8) is 0 Å². The van der Waals surface area contributed by atoms with Crippen LogP contribution < -0.4 is 0 Å². The third kappa shape index (κ3) is 9.56. The number of hydrogen-bond donors (Lipinski definition) is 0. The predicted molar refractivity (Wildman–Crippen MR) is 24.5 cm³/mol. The van der Waals surface area contributed by atoms with Crippen LogP contribution in [0.25, 0.3) is 0 Å². The SMILES string of the molecule is CCC.[BaH2]. The fraction of sp³-hybridized carbons (Fsp3) is 1.00. The minimum absolute atomic E-state index is 0. The van der Waals surface area contributed by atoms with Crippen LogP contribution in [0.1, 0.15) is 20.3 Å². The van der Waals surface area contributed by atoms with Crippen molar-refractivity contribution in [1.82, 2.24) is 0 Å². The molecule has 0 aliphatic carbocycles. The van der Waals surface area contributed by atoms with Crippen molar-refractivity contribution in [3.05, 3.63) is 0 Å². The van der Waals surface area contributed by atoms with E-state index < -0.39 is 0 Å². The molecule has 0 amide bonds. The summed E-state index contributed by atoms with van der Waals surface area (Å²) in [7, 11) is 0. The number of rotatable bonds is 0. The molecule has 0 aliphatic rings. The predicted octanol–water partition coefficient (Wildman–Crippen LogP) is 0.500. The van der Waals surface area contributed by atoms with Gasteiger partial charge in [0.25, 0.3) is 0 Å². The number of hydrogen-bond acceptors (Lipinski definition) is 0. The summed E-state index contributed by atoms with van der Waals surface area (Å²) >= 11 is 0. The molecule has 4 heavy (non-hydrogen) atoms. The molecule has 24 valence electrons. The van der Waals surface area contributed by atoms with E-state index >= 15 is 0 Å². The summed E-state index contributed by atoms with van der Waals surface area (Å²) in [4.78, 5) is 0. The van der Waals surface area contributed by atoms with Gasteiger partial charge in [0.1, 0.15) is 0 Å². The zero-order valence-corrected chi connectivity index (χ0v) is 2.71. The Kier molecular flexibility index (Phi) is 20.1. The van der Waals surface area contributed by atoms with Gasteiger partial charge in [0.05, 0.1) is 0 Å². The fourth-order valence-electron chi connectivity index (χ4n) is 0. The monoisotopic (exact) mass is 184 g/mol. The first-order valence-electron chi connectivity index (χ1n) is 1.41. The van der Waals surface area contributed by atoms with E-state index in [0.29, 0.717) is 0 Å². The van der Waals surface area contributed by atoms with Crippen LogP contribution in [-0.2, 0) is 0 Å². The summed E-state index contributed by atoms with van der Waals surface area (Å²) in [5, 5.41) is 0. The van der Waals surface area contributed by atoms with Crippen LogP contribution in [0, 0.1) is 0 Å².